The van der Waals surface area contributed by atoms with Crippen molar-refractivity contribution in [1.82, 2.24) is 4.90 Å². The summed E-state index contributed by atoms with van der Waals surface area (Å²) in [4.78, 5) is 2.30. The van der Waals surface area contributed by atoms with Crippen LogP contribution < -0.4 is 0 Å². The Morgan fingerprint density at radius 1 is 1.17 bits per heavy atom. The molecule has 0 aliphatic heterocycles. The van der Waals surface area contributed by atoms with E-state index in [2.05, 4.69) is 18.9 Å². The molecule has 2 aliphatic carbocycles. The van der Waals surface area contributed by atoms with Crippen LogP contribution in [0.1, 0.15) is 45.4 Å². The molecule has 106 valence electrons. The molecule has 3 unspecified atom stereocenters. The Hall–Kier alpha value is -0.120. The van der Waals surface area contributed by atoms with Crippen molar-refractivity contribution in [3.8, 4) is 0 Å². The van der Waals surface area contributed by atoms with Gasteiger partial charge in [-0.1, -0.05) is 13.3 Å². The standard InChI is InChI=1S/C15H29NO2/c1-3-12-6-7-15(17)14(10-12)16(2)8-9-18-11-13-4-5-13/h12-15,17H,3-11H2,1-2H3. The monoisotopic (exact) mass is 255 g/mol. The van der Waals surface area contributed by atoms with E-state index in [0.717, 1.165) is 44.4 Å². The SMILES string of the molecule is CCC1CCC(O)C(N(C)CCOCC2CC2)C1. The van der Waals surface area contributed by atoms with Gasteiger partial charge in [0.2, 0.25) is 0 Å². The fraction of sp³-hybridized carbons (Fsp3) is 1.00. The molecule has 2 fully saturated rings. The van der Waals surface area contributed by atoms with Crippen LogP contribution in [0.15, 0.2) is 0 Å². The van der Waals surface area contributed by atoms with Crippen LogP contribution in [-0.2, 0) is 4.74 Å². The summed E-state index contributed by atoms with van der Waals surface area (Å²) in [6, 6.07) is 0.341. The maximum Gasteiger partial charge on any atom is 0.0695 e. The summed E-state index contributed by atoms with van der Waals surface area (Å²) >= 11 is 0. The molecule has 2 aliphatic rings. The van der Waals surface area contributed by atoms with Crippen LogP contribution in [-0.4, -0.2) is 49.0 Å². The Morgan fingerprint density at radius 3 is 2.56 bits per heavy atom. The van der Waals surface area contributed by atoms with Gasteiger partial charge in [0.25, 0.3) is 0 Å². The molecule has 0 saturated heterocycles. The minimum Gasteiger partial charge on any atom is -0.391 e. The molecule has 1 N–H and O–H groups in total. The molecule has 0 heterocycles. The van der Waals surface area contributed by atoms with Gasteiger partial charge in [0.05, 0.1) is 12.7 Å². The highest BCUT2D eigenvalue weighted by molar-refractivity contribution is 4.85. The Kier molecular flexibility index (Phi) is 5.46. The first-order chi connectivity index (χ1) is 8.70. The Morgan fingerprint density at radius 2 is 1.89 bits per heavy atom. The van der Waals surface area contributed by atoms with E-state index >= 15 is 0 Å². The number of nitrogens with zero attached hydrogens (tertiary/aromatic N) is 1. The van der Waals surface area contributed by atoms with E-state index in [0.29, 0.717) is 6.04 Å². The maximum absolute atomic E-state index is 10.1. The zero-order valence-electron chi connectivity index (χ0n) is 12.0. The Balaban J connectivity index is 1.66. The van der Waals surface area contributed by atoms with Gasteiger partial charge in [-0.2, -0.15) is 0 Å². The second-order valence-corrected chi connectivity index (χ2v) is 6.22. The molecule has 0 bridgehead atoms. The van der Waals surface area contributed by atoms with Gasteiger partial charge >= 0.3 is 0 Å². The summed E-state index contributed by atoms with van der Waals surface area (Å²) in [5, 5.41) is 10.1. The average molecular weight is 255 g/mol. The second kappa shape index (κ2) is 6.88. The van der Waals surface area contributed by atoms with Gasteiger partial charge in [-0.3, -0.25) is 4.90 Å². The summed E-state index contributed by atoms with van der Waals surface area (Å²) in [6.07, 6.45) is 7.13. The number of hydrogen-bond donors (Lipinski definition) is 1. The number of likely N-dealkylation sites (N-methyl/N-ethyl adjacent to an activating group) is 1. The van der Waals surface area contributed by atoms with E-state index in [4.69, 9.17) is 4.74 Å². The second-order valence-electron chi connectivity index (χ2n) is 6.22. The van der Waals surface area contributed by atoms with Crippen LogP contribution in [0.2, 0.25) is 0 Å². The highest BCUT2D eigenvalue weighted by Gasteiger charge is 2.31. The van der Waals surface area contributed by atoms with Crippen molar-refractivity contribution in [2.75, 3.05) is 26.8 Å². The number of hydrogen-bond acceptors (Lipinski definition) is 3. The lowest BCUT2D eigenvalue weighted by Crippen LogP contribution is -2.46. The van der Waals surface area contributed by atoms with Crippen molar-refractivity contribution in [2.24, 2.45) is 11.8 Å². The van der Waals surface area contributed by atoms with Crippen LogP contribution >= 0.6 is 0 Å². The smallest absolute Gasteiger partial charge is 0.0695 e. The summed E-state index contributed by atoms with van der Waals surface area (Å²) in [6.45, 7) is 4.97. The van der Waals surface area contributed by atoms with E-state index in [9.17, 15) is 5.11 Å². The van der Waals surface area contributed by atoms with E-state index in [1.165, 1.54) is 25.7 Å². The topological polar surface area (TPSA) is 32.7 Å². The third kappa shape index (κ3) is 4.22. The fourth-order valence-electron chi connectivity index (χ4n) is 2.97. The first-order valence-electron chi connectivity index (χ1n) is 7.66. The molecule has 0 aromatic carbocycles. The third-order valence-electron chi connectivity index (χ3n) is 4.67. The van der Waals surface area contributed by atoms with Gasteiger partial charge in [-0.05, 0) is 51.0 Å². The molecule has 2 saturated carbocycles. The fourth-order valence-corrected chi connectivity index (χ4v) is 2.97. The molecule has 0 aromatic rings. The lowest BCUT2D eigenvalue weighted by molar-refractivity contribution is 0.000623. The maximum atomic E-state index is 10.1. The lowest BCUT2D eigenvalue weighted by atomic mass is 9.82. The molecule has 2 rings (SSSR count). The van der Waals surface area contributed by atoms with Gasteiger partial charge in [0.1, 0.15) is 0 Å². The number of aliphatic hydroxyl groups is 1. The zero-order chi connectivity index (χ0) is 13.0. The van der Waals surface area contributed by atoms with Crippen molar-refractivity contribution in [3.05, 3.63) is 0 Å². The van der Waals surface area contributed by atoms with Gasteiger partial charge in [-0.25, -0.2) is 0 Å². The molecule has 0 aromatic heterocycles. The summed E-state index contributed by atoms with van der Waals surface area (Å²) in [5.74, 6) is 1.65. The van der Waals surface area contributed by atoms with Crippen molar-refractivity contribution in [2.45, 2.75) is 57.6 Å². The molecule has 3 heteroatoms. The number of aliphatic hydroxyl groups excluding tert-OH is 1. The molecule has 18 heavy (non-hydrogen) atoms. The predicted octanol–water partition coefficient (Wildman–Crippen LogP) is 2.28. The normalized spacial score (nSPS) is 33.0. The van der Waals surface area contributed by atoms with Crippen LogP contribution in [0.25, 0.3) is 0 Å². The number of ether oxygens (including phenoxy) is 1. The zero-order valence-corrected chi connectivity index (χ0v) is 12.0. The largest absolute Gasteiger partial charge is 0.391 e. The van der Waals surface area contributed by atoms with E-state index in [1.54, 1.807) is 0 Å². The van der Waals surface area contributed by atoms with Crippen molar-refractivity contribution < 1.29 is 9.84 Å². The van der Waals surface area contributed by atoms with Gasteiger partial charge in [0, 0.05) is 19.2 Å². The van der Waals surface area contributed by atoms with Crippen LogP contribution in [0.4, 0.5) is 0 Å². The first-order valence-corrected chi connectivity index (χ1v) is 7.66. The molecule has 3 nitrogen and oxygen atoms in total. The first kappa shape index (κ1) is 14.3. The van der Waals surface area contributed by atoms with Crippen molar-refractivity contribution >= 4 is 0 Å². The molecule has 3 atom stereocenters. The number of rotatable bonds is 7. The Labute approximate surface area is 112 Å². The average Bonchev–Trinajstić information content (AvgIpc) is 3.19. The minimum atomic E-state index is -0.138. The molecular formula is C15H29NO2. The summed E-state index contributed by atoms with van der Waals surface area (Å²) in [7, 11) is 2.13. The molecule has 0 radical (unpaired) electrons. The van der Waals surface area contributed by atoms with Crippen LogP contribution in [0, 0.1) is 11.8 Å². The molecular weight excluding hydrogens is 226 g/mol. The quantitative estimate of drug-likeness (QED) is 0.708. The molecule has 0 spiro atoms. The third-order valence-corrected chi connectivity index (χ3v) is 4.67. The van der Waals surface area contributed by atoms with E-state index in [1.807, 2.05) is 0 Å². The van der Waals surface area contributed by atoms with Gasteiger partial charge < -0.3 is 9.84 Å². The van der Waals surface area contributed by atoms with Crippen LogP contribution in [0.3, 0.4) is 0 Å². The van der Waals surface area contributed by atoms with Gasteiger partial charge in [0.15, 0.2) is 0 Å². The van der Waals surface area contributed by atoms with E-state index < -0.39 is 0 Å². The molecule has 0 amide bonds. The van der Waals surface area contributed by atoms with Crippen molar-refractivity contribution in [1.29, 1.82) is 0 Å². The summed E-state index contributed by atoms with van der Waals surface area (Å²) in [5.41, 5.74) is 0. The lowest BCUT2D eigenvalue weighted by Gasteiger charge is -2.38. The highest BCUT2D eigenvalue weighted by atomic mass is 16.5. The highest BCUT2D eigenvalue weighted by Crippen LogP contribution is 2.30. The predicted molar refractivity (Wildman–Crippen MR) is 73.6 cm³/mol. The van der Waals surface area contributed by atoms with Crippen LogP contribution in [0.5, 0.6) is 0 Å². The van der Waals surface area contributed by atoms with Crippen molar-refractivity contribution in [3.63, 3.8) is 0 Å². The summed E-state index contributed by atoms with van der Waals surface area (Å²) < 4.78 is 5.68. The minimum absolute atomic E-state index is 0.138. The Bertz CT molecular complexity index is 243. The van der Waals surface area contributed by atoms with E-state index in [-0.39, 0.29) is 6.10 Å². The van der Waals surface area contributed by atoms with Gasteiger partial charge in [-0.15, -0.1) is 0 Å².